The monoisotopic (exact) mass is 252 g/mol. The van der Waals surface area contributed by atoms with Gasteiger partial charge in [0.25, 0.3) is 11.1 Å². The number of unbranched alkanes of at least 4 members (excludes halogenated alkanes) is 1. The van der Waals surface area contributed by atoms with Crippen LogP contribution < -0.4 is 22.5 Å². The summed E-state index contributed by atoms with van der Waals surface area (Å²) in [6, 6.07) is 0. The minimum Gasteiger partial charge on any atom is -0.301 e. The molecule has 2 heterocycles. The lowest BCUT2D eigenvalue weighted by molar-refractivity contribution is 0.614. The topological polar surface area (TPSA) is 121 Å². The molecule has 8 nitrogen and oxygen atoms in total. The Balaban J connectivity index is 2.94. The summed E-state index contributed by atoms with van der Waals surface area (Å²) in [5.74, 6) is 0. The number of aromatic nitrogens is 4. The highest BCUT2D eigenvalue weighted by Crippen LogP contribution is 1.98. The molecule has 3 N–H and O–H groups in total. The van der Waals surface area contributed by atoms with E-state index >= 15 is 0 Å². The van der Waals surface area contributed by atoms with Gasteiger partial charge in [0.1, 0.15) is 11.0 Å². The Bertz CT molecular complexity index is 807. The predicted molar refractivity (Wildman–Crippen MR) is 65.0 cm³/mol. The van der Waals surface area contributed by atoms with Crippen LogP contribution in [-0.2, 0) is 6.54 Å². The van der Waals surface area contributed by atoms with Gasteiger partial charge in [0, 0.05) is 6.54 Å². The molecule has 8 heteroatoms. The first-order chi connectivity index (χ1) is 8.54. The summed E-state index contributed by atoms with van der Waals surface area (Å²) < 4.78 is 1.16. The van der Waals surface area contributed by atoms with Gasteiger partial charge in [-0.05, 0) is 6.42 Å². The Morgan fingerprint density at radius 1 is 1.00 bits per heavy atom. The van der Waals surface area contributed by atoms with Gasteiger partial charge < -0.3 is 4.98 Å². The van der Waals surface area contributed by atoms with E-state index in [4.69, 9.17) is 0 Å². The maximum absolute atomic E-state index is 11.7. The second-order valence-electron chi connectivity index (χ2n) is 3.90. The molecule has 0 aliphatic carbocycles. The molecule has 0 fully saturated rings. The van der Waals surface area contributed by atoms with Crippen LogP contribution in [0.4, 0.5) is 0 Å². The van der Waals surface area contributed by atoms with Crippen molar-refractivity contribution in [3.8, 4) is 0 Å². The summed E-state index contributed by atoms with van der Waals surface area (Å²) in [4.78, 5) is 52.3. The van der Waals surface area contributed by atoms with E-state index in [1.54, 1.807) is 0 Å². The quantitative estimate of drug-likeness (QED) is 0.639. The Hall–Kier alpha value is -2.38. The van der Waals surface area contributed by atoms with Crippen molar-refractivity contribution in [1.82, 2.24) is 19.5 Å². The highest BCUT2D eigenvalue weighted by atomic mass is 16.2. The van der Waals surface area contributed by atoms with E-state index < -0.39 is 22.5 Å². The van der Waals surface area contributed by atoms with Gasteiger partial charge in [-0.2, -0.15) is 0 Å². The van der Waals surface area contributed by atoms with Crippen LogP contribution in [0.5, 0.6) is 0 Å². The molecule has 0 amide bonds. The molecule has 0 aromatic carbocycles. The smallest absolute Gasteiger partial charge is 0.301 e. The molecule has 0 spiro atoms. The molecular weight excluding hydrogens is 240 g/mol. The van der Waals surface area contributed by atoms with Crippen molar-refractivity contribution in [3.05, 3.63) is 41.7 Å². The van der Waals surface area contributed by atoms with Gasteiger partial charge in [0.05, 0.1) is 0 Å². The summed E-state index contributed by atoms with van der Waals surface area (Å²) in [7, 11) is 0. The number of aromatic amines is 3. The van der Waals surface area contributed by atoms with Gasteiger partial charge >= 0.3 is 11.4 Å². The van der Waals surface area contributed by atoms with Crippen molar-refractivity contribution in [1.29, 1.82) is 0 Å². The largest absolute Gasteiger partial charge is 0.329 e. The Morgan fingerprint density at radius 3 is 2.39 bits per heavy atom. The average Bonchev–Trinajstić information content (AvgIpc) is 2.29. The van der Waals surface area contributed by atoms with Crippen molar-refractivity contribution < 1.29 is 0 Å². The number of H-pyrrole nitrogens is 3. The second-order valence-corrected chi connectivity index (χ2v) is 3.90. The molecule has 0 atom stereocenters. The second kappa shape index (κ2) is 4.47. The Labute approximate surface area is 99.3 Å². The molecule has 0 aliphatic heterocycles. The van der Waals surface area contributed by atoms with Gasteiger partial charge in [-0.3, -0.25) is 24.1 Å². The molecule has 0 unspecified atom stereocenters. The highest BCUT2D eigenvalue weighted by molar-refractivity contribution is 5.71. The maximum Gasteiger partial charge on any atom is 0.329 e. The lowest BCUT2D eigenvalue weighted by Gasteiger charge is -2.06. The van der Waals surface area contributed by atoms with Crippen LogP contribution in [-0.4, -0.2) is 19.5 Å². The normalized spacial score (nSPS) is 10.9. The zero-order valence-corrected chi connectivity index (χ0v) is 9.70. The first kappa shape index (κ1) is 12.1. The lowest BCUT2D eigenvalue weighted by atomic mass is 10.3. The third-order valence-electron chi connectivity index (χ3n) is 2.62. The molecule has 0 aliphatic rings. The summed E-state index contributed by atoms with van der Waals surface area (Å²) in [5, 5.41) is 0. The van der Waals surface area contributed by atoms with Crippen LogP contribution in [0.3, 0.4) is 0 Å². The van der Waals surface area contributed by atoms with E-state index in [0.717, 1.165) is 11.0 Å². The predicted octanol–water partition coefficient (Wildman–Crippen LogP) is -1.13. The number of hydrogen-bond donors (Lipinski definition) is 3. The van der Waals surface area contributed by atoms with Crippen LogP contribution in [0.2, 0.25) is 0 Å². The zero-order valence-electron chi connectivity index (χ0n) is 9.70. The summed E-state index contributed by atoms with van der Waals surface area (Å²) in [5.41, 5.74) is -3.23. The van der Waals surface area contributed by atoms with E-state index in [2.05, 4.69) is 9.97 Å². The van der Waals surface area contributed by atoms with Crippen molar-refractivity contribution in [2.45, 2.75) is 26.3 Å². The van der Waals surface area contributed by atoms with Crippen molar-refractivity contribution in [2.24, 2.45) is 0 Å². The van der Waals surface area contributed by atoms with E-state index in [1.165, 1.54) is 0 Å². The molecule has 2 rings (SSSR count). The van der Waals surface area contributed by atoms with E-state index in [0.29, 0.717) is 13.0 Å². The number of aryl methyl sites for hydroxylation is 1. The van der Waals surface area contributed by atoms with Crippen LogP contribution >= 0.6 is 0 Å². The molecular formula is C10H12N4O4. The number of hydrogen-bond acceptors (Lipinski definition) is 4. The number of nitrogens with one attached hydrogen (secondary N) is 3. The van der Waals surface area contributed by atoms with E-state index in [1.807, 2.05) is 11.9 Å². The van der Waals surface area contributed by atoms with Crippen LogP contribution in [0.1, 0.15) is 19.8 Å². The van der Waals surface area contributed by atoms with Gasteiger partial charge in [-0.1, -0.05) is 13.3 Å². The average molecular weight is 252 g/mol. The summed E-state index contributed by atoms with van der Waals surface area (Å²) >= 11 is 0. The molecule has 0 radical (unpaired) electrons. The third kappa shape index (κ3) is 1.92. The fraction of sp³-hybridized carbons (Fsp3) is 0.400. The summed E-state index contributed by atoms with van der Waals surface area (Å²) in [6.07, 6.45) is 1.51. The fourth-order valence-corrected chi connectivity index (χ4v) is 1.76. The fourth-order valence-electron chi connectivity index (χ4n) is 1.76. The van der Waals surface area contributed by atoms with E-state index in [9.17, 15) is 19.2 Å². The standard InChI is InChI=1S/C10H12N4O4/c1-2-3-4-14-6-5(7(15)13-10(14)18)11-9(17)12-8(6)16/h2-4H2,1H3,(H,13,15,18)(H2,11,12,16,17). The first-order valence-electron chi connectivity index (χ1n) is 5.54. The van der Waals surface area contributed by atoms with Crippen LogP contribution in [0, 0.1) is 0 Å². The van der Waals surface area contributed by atoms with Gasteiger partial charge in [0.2, 0.25) is 0 Å². The highest BCUT2D eigenvalue weighted by Gasteiger charge is 2.11. The molecule has 0 saturated heterocycles. The first-order valence-corrected chi connectivity index (χ1v) is 5.54. The molecule has 0 saturated carbocycles. The zero-order chi connectivity index (χ0) is 13.3. The molecule has 18 heavy (non-hydrogen) atoms. The van der Waals surface area contributed by atoms with Crippen LogP contribution in [0.25, 0.3) is 11.0 Å². The van der Waals surface area contributed by atoms with Crippen molar-refractivity contribution in [3.63, 3.8) is 0 Å². The van der Waals surface area contributed by atoms with Gasteiger partial charge in [-0.15, -0.1) is 0 Å². The number of rotatable bonds is 3. The summed E-state index contributed by atoms with van der Waals surface area (Å²) in [6.45, 7) is 2.24. The SMILES string of the molecule is CCCCn1c(=O)[nH]c(=O)c2[nH]c(=O)[nH]c(=O)c21. The van der Waals surface area contributed by atoms with Crippen molar-refractivity contribution >= 4 is 11.0 Å². The Kier molecular flexibility index (Phi) is 3.00. The molecule has 2 aromatic rings. The maximum atomic E-state index is 11.7. The van der Waals surface area contributed by atoms with Gasteiger partial charge in [0.15, 0.2) is 0 Å². The lowest BCUT2D eigenvalue weighted by Crippen LogP contribution is -2.37. The molecule has 0 bridgehead atoms. The molecule has 96 valence electrons. The number of fused-ring (bicyclic) bond motifs is 1. The minimum absolute atomic E-state index is 0.100. The number of nitrogens with zero attached hydrogens (tertiary/aromatic N) is 1. The van der Waals surface area contributed by atoms with Gasteiger partial charge in [-0.25, -0.2) is 9.59 Å². The van der Waals surface area contributed by atoms with E-state index in [-0.39, 0.29) is 11.0 Å². The molecule has 2 aromatic heterocycles. The van der Waals surface area contributed by atoms with Crippen LogP contribution in [0.15, 0.2) is 19.2 Å². The minimum atomic E-state index is -0.779. The Morgan fingerprint density at radius 2 is 1.72 bits per heavy atom. The third-order valence-corrected chi connectivity index (χ3v) is 2.62. The van der Waals surface area contributed by atoms with Crippen molar-refractivity contribution in [2.75, 3.05) is 0 Å².